The van der Waals surface area contributed by atoms with Crippen molar-refractivity contribution in [2.45, 2.75) is 59.0 Å². The maximum absolute atomic E-state index is 5.74. The third kappa shape index (κ3) is 8.61. The minimum Gasteiger partial charge on any atom is -0.377 e. The molecule has 0 aromatic carbocycles. The molecule has 1 atom stereocenters. The predicted octanol–water partition coefficient (Wildman–Crippen LogP) is 2.90. The van der Waals surface area contributed by atoms with Crippen molar-refractivity contribution in [2.75, 3.05) is 39.3 Å². The average Bonchev–Trinajstić information content (AvgIpc) is 2.38. The van der Waals surface area contributed by atoms with Crippen LogP contribution in [0.2, 0.25) is 0 Å². The van der Waals surface area contributed by atoms with Crippen molar-refractivity contribution in [2.24, 2.45) is 5.92 Å². The Bertz CT molecular complexity index is 207. The molecular formula is C16H34N2O. The molecule has 1 fully saturated rings. The quantitative estimate of drug-likeness (QED) is 0.618. The normalized spacial score (nSPS) is 21.2. The molecule has 1 aliphatic heterocycles. The van der Waals surface area contributed by atoms with Crippen LogP contribution in [-0.2, 0) is 4.74 Å². The van der Waals surface area contributed by atoms with Gasteiger partial charge in [0.1, 0.15) is 0 Å². The molecule has 0 amide bonds. The van der Waals surface area contributed by atoms with E-state index in [9.17, 15) is 0 Å². The van der Waals surface area contributed by atoms with E-state index in [0.29, 0.717) is 6.10 Å². The largest absolute Gasteiger partial charge is 0.377 e. The Hall–Kier alpha value is -0.120. The van der Waals surface area contributed by atoms with E-state index in [4.69, 9.17) is 4.74 Å². The van der Waals surface area contributed by atoms with E-state index in [1.165, 1.54) is 51.7 Å². The topological polar surface area (TPSA) is 24.5 Å². The van der Waals surface area contributed by atoms with Gasteiger partial charge in [-0.15, -0.1) is 0 Å². The second kappa shape index (κ2) is 10.6. The fraction of sp³-hybridized carbons (Fsp3) is 1.00. The molecule has 3 heteroatoms. The Morgan fingerprint density at radius 3 is 2.84 bits per heavy atom. The maximum atomic E-state index is 5.74. The zero-order valence-corrected chi connectivity index (χ0v) is 13.3. The summed E-state index contributed by atoms with van der Waals surface area (Å²) in [4.78, 5) is 2.59. The number of hydrogen-bond donors (Lipinski definition) is 1. The van der Waals surface area contributed by atoms with Crippen LogP contribution in [-0.4, -0.2) is 50.3 Å². The summed E-state index contributed by atoms with van der Waals surface area (Å²) < 4.78 is 5.74. The van der Waals surface area contributed by atoms with Crippen LogP contribution >= 0.6 is 0 Å². The second-order valence-corrected chi connectivity index (χ2v) is 6.18. The van der Waals surface area contributed by atoms with Crippen LogP contribution in [0.1, 0.15) is 52.9 Å². The van der Waals surface area contributed by atoms with Gasteiger partial charge in [-0.25, -0.2) is 0 Å². The summed E-state index contributed by atoms with van der Waals surface area (Å²) in [7, 11) is 0. The summed E-state index contributed by atoms with van der Waals surface area (Å²) in [5.74, 6) is 0.767. The molecule has 1 saturated heterocycles. The lowest BCUT2D eigenvalue weighted by atomic mass is 10.1. The summed E-state index contributed by atoms with van der Waals surface area (Å²) in [5.41, 5.74) is 0. The Morgan fingerprint density at radius 1 is 1.26 bits per heavy atom. The Morgan fingerprint density at radius 2 is 2.11 bits per heavy atom. The molecule has 19 heavy (non-hydrogen) atoms. The van der Waals surface area contributed by atoms with Gasteiger partial charge in [0.05, 0.1) is 6.10 Å². The summed E-state index contributed by atoms with van der Waals surface area (Å²) in [6, 6.07) is 0. The molecule has 0 bridgehead atoms. The fourth-order valence-electron chi connectivity index (χ4n) is 2.74. The number of likely N-dealkylation sites (tertiary alicyclic amines) is 1. The van der Waals surface area contributed by atoms with Crippen molar-refractivity contribution in [3.63, 3.8) is 0 Å². The first-order valence-electron chi connectivity index (χ1n) is 8.27. The number of rotatable bonds is 10. The van der Waals surface area contributed by atoms with E-state index in [1.54, 1.807) is 0 Å². The molecule has 0 spiro atoms. The zero-order chi connectivity index (χ0) is 13.9. The van der Waals surface area contributed by atoms with Crippen LogP contribution in [0.15, 0.2) is 0 Å². The molecule has 1 unspecified atom stereocenters. The highest BCUT2D eigenvalue weighted by molar-refractivity contribution is 4.73. The van der Waals surface area contributed by atoms with Crippen molar-refractivity contribution in [3.05, 3.63) is 0 Å². The Labute approximate surface area is 120 Å². The maximum Gasteiger partial charge on any atom is 0.0702 e. The van der Waals surface area contributed by atoms with Crippen molar-refractivity contribution in [3.8, 4) is 0 Å². The lowest BCUT2D eigenvalue weighted by Gasteiger charge is -2.32. The lowest BCUT2D eigenvalue weighted by molar-refractivity contribution is 0.00559. The first-order chi connectivity index (χ1) is 9.22. The van der Waals surface area contributed by atoms with E-state index in [1.807, 2.05) is 0 Å². The number of hydrogen-bond acceptors (Lipinski definition) is 3. The number of piperidine rings is 1. The molecular weight excluding hydrogens is 236 g/mol. The number of ether oxygens (including phenoxy) is 1. The van der Waals surface area contributed by atoms with Gasteiger partial charge in [-0.05, 0) is 64.7 Å². The molecule has 1 heterocycles. The highest BCUT2D eigenvalue weighted by Crippen LogP contribution is 2.13. The molecule has 1 rings (SSSR count). The molecule has 1 aliphatic rings. The van der Waals surface area contributed by atoms with E-state index in [0.717, 1.165) is 25.6 Å². The van der Waals surface area contributed by atoms with E-state index >= 15 is 0 Å². The highest BCUT2D eigenvalue weighted by atomic mass is 16.5. The molecule has 0 aliphatic carbocycles. The molecule has 3 nitrogen and oxygen atoms in total. The fourth-order valence-corrected chi connectivity index (χ4v) is 2.74. The van der Waals surface area contributed by atoms with Gasteiger partial charge in [0, 0.05) is 13.2 Å². The van der Waals surface area contributed by atoms with E-state index in [2.05, 4.69) is 31.0 Å². The van der Waals surface area contributed by atoms with Gasteiger partial charge in [-0.1, -0.05) is 20.3 Å². The van der Waals surface area contributed by atoms with Crippen LogP contribution in [0.25, 0.3) is 0 Å². The van der Waals surface area contributed by atoms with Crippen molar-refractivity contribution < 1.29 is 4.74 Å². The Balaban J connectivity index is 1.94. The Kier molecular flexibility index (Phi) is 9.48. The zero-order valence-electron chi connectivity index (χ0n) is 13.3. The standard InChI is InChI=1S/C16H34N2O/c1-4-19-16-9-8-12-18(14-16)11-7-5-6-10-17-13-15(2)3/h15-17H,4-14H2,1-3H3. The third-order valence-electron chi connectivity index (χ3n) is 3.75. The van der Waals surface area contributed by atoms with Gasteiger partial charge in [0.25, 0.3) is 0 Å². The van der Waals surface area contributed by atoms with Crippen LogP contribution in [0.5, 0.6) is 0 Å². The number of unbranched alkanes of at least 4 members (excludes halogenated alkanes) is 2. The van der Waals surface area contributed by atoms with Gasteiger partial charge in [-0.2, -0.15) is 0 Å². The smallest absolute Gasteiger partial charge is 0.0702 e. The predicted molar refractivity (Wildman–Crippen MR) is 82.6 cm³/mol. The van der Waals surface area contributed by atoms with Gasteiger partial charge in [-0.3, -0.25) is 0 Å². The van der Waals surface area contributed by atoms with E-state index < -0.39 is 0 Å². The van der Waals surface area contributed by atoms with Crippen LogP contribution in [0, 0.1) is 5.92 Å². The average molecular weight is 270 g/mol. The SMILES string of the molecule is CCOC1CCCN(CCCCCNCC(C)C)C1. The van der Waals surface area contributed by atoms with Crippen LogP contribution in [0.4, 0.5) is 0 Å². The minimum atomic E-state index is 0.492. The molecule has 114 valence electrons. The van der Waals surface area contributed by atoms with Crippen molar-refractivity contribution in [1.29, 1.82) is 0 Å². The summed E-state index contributed by atoms with van der Waals surface area (Å²) in [5, 5.41) is 3.51. The monoisotopic (exact) mass is 270 g/mol. The molecule has 0 radical (unpaired) electrons. The highest BCUT2D eigenvalue weighted by Gasteiger charge is 2.19. The minimum absolute atomic E-state index is 0.492. The molecule has 0 aromatic rings. The number of nitrogens with zero attached hydrogens (tertiary/aromatic N) is 1. The van der Waals surface area contributed by atoms with Crippen molar-refractivity contribution in [1.82, 2.24) is 10.2 Å². The second-order valence-electron chi connectivity index (χ2n) is 6.18. The first-order valence-corrected chi connectivity index (χ1v) is 8.27. The summed E-state index contributed by atoms with van der Waals surface area (Å²) >= 11 is 0. The van der Waals surface area contributed by atoms with Crippen LogP contribution < -0.4 is 5.32 Å². The number of nitrogens with one attached hydrogen (secondary N) is 1. The first kappa shape index (κ1) is 16.9. The molecule has 0 saturated carbocycles. The third-order valence-corrected chi connectivity index (χ3v) is 3.75. The molecule has 1 N–H and O–H groups in total. The van der Waals surface area contributed by atoms with Gasteiger partial charge in [0.2, 0.25) is 0 Å². The lowest BCUT2D eigenvalue weighted by Crippen LogP contribution is -2.40. The van der Waals surface area contributed by atoms with Crippen molar-refractivity contribution >= 4 is 0 Å². The van der Waals surface area contributed by atoms with Gasteiger partial charge in [0.15, 0.2) is 0 Å². The summed E-state index contributed by atoms with van der Waals surface area (Å²) in [6.45, 7) is 13.5. The van der Waals surface area contributed by atoms with Crippen LogP contribution in [0.3, 0.4) is 0 Å². The summed E-state index contributed by atoms with van der Waals surface area (Å²) in [6.07, 6.45) is 7.05. The molecule has 0 aromatic heterocycles. The van der Waals surface area contributed by atoms with E-state index in [-0.39, 0.29) is 0 Å². The van der Waals surface area contributed by atoms with Gasteiger partial charge >= 0.3 is 0 Å². The van der Waals surface area contributed by atoms with Gasteiger partial charge < -0.3 is 15.0 Å².